The molecule has 5 heteroatoms. The van der Waals surface area contributed by atoms with Gasteiger partial charge in [-0.15, -0.1) is 37.2 Å². The fraction of sp³-hybridized carbons (Fsp3) is 0.714. The number of hydrogen-bond acceptors (Lipinski definition) is 2. The molecule has 0 saturated heterocycles. The van der Waals surface area contributed by atoms with Crippen LogP contribution in [0.5, 0.6) is 0 Å². The molecule has 0 fully saturated rings. The van der Waals surface area contributed by atoms with E-state index in [0.29, 0.717) is 6.42 Å². The first kappa shape index (κ1) is 17.9. The number of hydrogen-bond donors (Lipinski definition) is 2. The summed E-state index contributed by atoms with van der Waals surface area (Å²) in [5, 5.41) is 0. The van der Waals surface area contributed by atoms with E-state index < -0.39 is 5.67 Å². The second-order valence-electron chi connectivity index (χ2n) is 2.26. The van der Waals surface area contributed by atoms with Gasteiger partial charge in [-0.2, -0.15) is 0 Å². The maximum Gasteiger partial charge on any atom is 0.136 e. The third-order valence-corrected chi connectivity index (χ3v) is 1.45. The monoisotopic (exact) mass is 216 g/mol. The van der Waals surface area contributed by atoms with E-state index in [9.17, 15) is 4.39 Å². The van der Waals surface area contributed by atoms with Gasteiger partial charge in [0.2, 0.25) is 0 Å². The lowest BCUT2D eigenvalue weighted by Crippen LogP contribution is -2.40. The molecule has 0 aromatic heterocycles. The summed E-state index contributed by atoms with van der Waals surface area (Å²) in [7, 11) is 0. The van der Waals surface area contributed by atoms with Crippen LogP contribution in [0.15, 0.2) is 0 Å². The Balaban J connectivity index is -0.000000405. The second kappa shape index (κ2) is 9.08. The first-order valence-corrected chi connectivity index (χ1v) is 3.21. The third-order valence-electron chi connectivity index (χ3n) is 1.45. The largest absolute Gasteiger partial charge is 0.327 e. The Kier molecular flexibility index (Phi) is 13.6. The normalized spacial score (nSPS) is 9.17. The van der Waals surface area contributed by atoms with E-state index in [0.717, 1.165) is 0 Å². The van der Waals surface area contributed by atoms with Crippen molar-refractivity contribution in [1.29, 1.82) is 0 Å². The molecular weight excluding hydrogens is 202 g/mol. The van der Waals surface area contributed by atoms with Gasteiger partial charge in [-0.3, -0.25) is 0 Å². The summed E-state index contributed by atoms with van der Waals surface area (Å²) in [6.45, 7) is -0.101. The number of alkyl halides is 1. The lowest BCUT2D eigenvalue weighted by atomic mass is 10.0. The summed E-state index contributed by atoms with van der Waals surface area (Å²) < 4.78 is 13.1. The van der Waals surface area contributed by atoms with Gasteiger partial charge in [0.25, 0.3) is 0 Å². The van der Waals surface area contributed by atoms with Crippen molar-refractivity contribution in [3.05, 3.63) is 0 Å². The molecule has 0 aromatic rings. The Morgan fingerprint density at radius 2 is 1.67 bits per heavy atom. The lowest BCUT2D eigenvalue weighted by molar-refractivity contribution is 0.172. The summed E-state index contributed by atoms with van der Waals surface area (Å²) >= 11 is 0. The van der Waals surface area contributed by atoms with Crippen LogP contribution in [-0.4, -0.2) is 18.8 Å². The van der Waals surface area contributed by atoms with Crippen molar-refractivity contribution in [2.75, 3.05) is 13.1 Å². The van der Waals surface area contributed by atoms with Crippen LogP contribution in [0.4, 0.5) is 4.39 Å². The van der Waals surface area contributed by atoms with Crippen LogP contribution in [0.2, 0.25) is 0 Å². The zero-order valence-electron chi connectivity index (χ0n) is 6.75. The molecule has 0 aromatic carbocycles. The molecule has 0 atom stereocenters. The first-order valence-electron chi connectivity index (χ1n) is 3.21. The van der Waals surface area contributed by atoms with E-state index >= 15 is 0 Å². The SMILES string of the molecule is C#CCCC(F)(CN)CN.Cl.Cl. The van der Waals surface area contributed by atoms with Crippen molar-refractivity contribution in [2.24, 2.45) is 11.5 Å². The third kappa shape index (κ3) is 6.68. The van der Waals surface area contributed by atoms with Crippen molar-refractivity contribution in [3.63, 3.8) is 0 Å². The molecule has 0 spiro atoms. The van der Waals surface area contributed by atoms with E-state index in [1.165, 1.54) is 0 Å². The van der Waals surface area contributed by atoms with Crippen LogP contribution in [0.3, 0.4) is 0 Å². The van der Waals surface area contributed by atoms with E-state index in [4.69, 9.17) is 17.9 Å². The van der Waals surface area contributed by atoms with Gasteiger partial charge in [-0.05, 0) is 6.42 Å². The van der Waals surface area contributed by atoms with Crippen molar-refractivity contribution in [3.8, 4) is 12.3 Å². The quantitative estimate of drug-likeness (QED) is 0.686. The summed E-state index contributed by atoms with van der Waals surface area (Å²) in [6, 6.07) is 0. The standard InChI is InChI=1S/C7H13FN2.2ClH/c1-2-3-4-7(8,5-9)6-10;;/h1H,3-6,9-10H2;2*1H. The van der Waals surface area contributed by atoms with Crippen LogP contribution in [-0.2, 0) is 0 Å². The summed E-state index contributed by atoms with van der Waals surface area (Å²) in [6.07, 6.45) is 5.60. The van der Waals surface area contributed by atoms with Crippen molar-refractivity contribution >= 4 is 24.8 Å². The molecule has 0 aliphatic heterocycles. The topological polar surface area (TPSA) is 52.0 Å². The molecule has 0 heterocycles. The molecule has 0 aliphatic carbocycles. The summed E-state index contributed by atoms with van der Waals surface area (Å²) in [5.41, 5.74) is 8.82. The molecule has 2 nitrogen and oxygen atoms in total. The smallest absolute Gasteiger partial charge is 0.136 e. The minimum atomic E-state index is -1.45. The average molecular weight is 217 g/mol. The van der Waals surface area contributed by atoms with Gasteiger partial charge in [-0.25, -0.2) is 4.39 Å². The Hall–Kier alpha value is -0.0100. The van der Waals surface area contributed by atoms with E-state index in [-0.39, 0.29) is 44.3 Å². The highest BCUT2D eigenvalue weighted by Gasteiger charge is 2.24. The molecule has 0 amide bonds. The molecule has 0 unspecified atom stereocenters. The second-order valence-corrected chi connectivity index (χ2v) is 2.26. The maximum absolute atomic E-state index is 13.1. The molecule has 74 valence electrons. The van der Waals surface area contributed by atoms with Crippen LogP contribution in [0.1, 0.15) is 12.8 Å². The lowest BCUT2D eigenvalue weighted by Gasteiger charge is -2.19. The van der Waals surface area contributed by atoms with Gasteiger partial charge in [-0.1, -0.05) is 0 Å². The number of halogens is 3. The molecular formula is C7H15Cl2FN2. The highest BCUT2D eigenvalue weighted by molar-refractivity contribution is 5.85. The minimum Gasteiger partial charge on any atom is -0.327 e. The van der Waals surface area contributed by atoms with Crippen molar-refractivity contribution in [2.45, 2.75) is 18.5 Å². The van der Waals surface area contributed by atoms with Crippen molar-refractivity contribution in [1.82, 2.24) is 0 Å². The number of terminal acetylenes is 1. The summed E-state index contributed by atoms with van der Waals surface area (Å²) in [4.78, 5) is 0. The predicted molar refractivity (Wildman–Crippen MR) is 54.5 cm³/mol. The van der Waals surface area contributed by atoms with Crippen LogP contribution < -0.4 is 11.5 Å². The van der Waals surface area contributed by atoms with E-state index in [1.54, 1.807) is 0 Å². The summed E-state index contributed by atoms with van der Waals surface area (Å²) in [5.74, 6) is 2.34. The van der Waals surface area contributed by atoms with Crippen LogP contribution in [0, 0.1) is 12.3 Å². The molecule has 0 radical (unpaired) electrons. The Labute approximate surface area is 85.1 Å². The molecule has 0 rings (SSSR count). The fourth-order valence-electron chi connectivity index (χ4n) is 0.584. The molecule has 0 aliphatic rings. The van der Waals surface area contributed by atoms with Crippen LogP contribution in [0.25, 0.3) is 0 Å². The highest BCUT2D eigenvalue weighted by atomic mass is 35.5. The van der Waals surface area contributed by atoms with Gasteiger partial charge >= 0.3 is 0 Å². The zero-order chi connectivity index (χ0) is 8.04. The molecule has 12 heavy (non-hydrogen) atoms. The van der Waals surface area contributed by atoms with Gasteiger partial charge in [0.05, 0.1) is 0 Å². The average Bonchev–Trinajstić information content (AvgIpc) is 2.00. The van der Waals surface area contributed by atoms with Gasteiger partial charge in [0, 0.05) is 19.5 Å². The maximum atomic E-state index is 13.1. The van der Waals surface area contributed by atoms with Crippen molar-refractivity contribution < 1.29 is 4.39 Å². The highest BCUT2D eigenvalue weighted by Crippen LogP contribution is 2.14. The Morgan fingerprint density at radius 1 is 1.25 bits per heavy atom. The molecule has 0 saturated carbocycles. The minimum absolute atomic E-state index is 0. The zero-order valence-corrected chi connectivity index (χ0v) is 8.39. The van der Waals surface area contributed by atoms with Crippen LogP contribution >= 0.6 is 24.8 Å². The Morgan fingerprint density at radius 3 is 1.92 bits per heavy atom. The fourth-order valence-corrected chi connectivity index (χ4v) is 0.584. The molecule has 0 bridgehead atoms. The number of rotatable bonds is 4. The number of nitrogens with two attached hydrogens (primary N) is 2. The van der Waals surface area contributed by atoms with E-state index in [1.807, 2.05) is 0 Å². The van der Waals surface area contributed by atoms with Gasteiger partial charge < -0.3 is 11.5 Å². The first-order chi connectivity index (χ1) is 4.68. The Bertz CT molecular complexity index is 132. The molecule has 4 N–H and O–H groups in total. The van der Waals surface area contributed by atoms with Gasteiger partial charge in [0.1, 0.15) is 5.67 Å². The van der Waals surface area contributed by atoms with Gasteiger partial charge in [0.15, 0.2) is 0 Å². The predicted octanol–water partition coefficient (Wildman–Crippen LogP) is 0.869. The van der Waals surface area contributed by atoms with E-state index in [2.05, 4.69) is 5.92 Å².